The molecule has 0 amide bonds. The molecule has 1 atom stereocenters. The number of rotatable bonds is 3. The molecule has 1 aliphatic rings. The number of nitrogens with one attached hydrogen (secondary N) is 1. The quantitative estimate of drug-likeness (QED) is 0.934. The molecule has 0 aromatic carbocycles. The first kappa shape index (κ1) is 14.2. The van der Waals surface area contributed by atoms with Crippen LogP contribution in [0.5, 0.6) is 0 Å². The second kappa shape index (κ2) is 4.74. The maximum absolute atomic E-state index is 12.3. The first-order valence-electron chi connectivity index (χ1n) is 5.88. The van der Waals surface area contributed by atoms with Crippen molar-refractivity contribution in [3.63, 3.8) is 0 Å². The maximum Gasteiger partial charge on any atom is 0.252 e. The Bertz CT molecular complexity index is 551. The van der Waals surface area contributed by atoms with Crippen LogP contribution in [0.2, 0.25) is 4.47 Å². The normalized spacial score (nSPS) is 23.4. The second-order valence-corrected chi connectivity index (χ2v) is 8.88. The highest BCUT2D eigenvalue weighted by Crippen LogP contribution is 2.38. The summed E-state index contributed by atoms with van der Waals surface area (Å²) in [6, 6.07) is -0.0113. The fraction of sp³-hybridized carbons (Fsp3) is 0.727. The van der Waals surface area contributed by atoms with Gasteiger partial charge in [-0.3, -0.25) is 0 Å². The zero-order valence-electron chi connectivity index (χ0n) is 10.7. The third-order valence-corrected chi connectivity index (χ3v) is 6.87. The smallest absolute Gasteiger partial charge is 0.229 e. The van der Waals surface area contributed by atoms with E-state index in [1.807, 2.05) is 0 Å². The number of halogens is 1. The molecular formula is C11H17ClN2O2S2. The molecule has 1 N–H and O–H groups in total. The number of aromatic nitrogens is 1. The van der Waals surface area contributed by atoms with Crippen molar-refractivity contribution in [3.8, 4) is 0 Å². The Morgan fingerprint density at radius 2 is 2.17 bits per heavy atom. The maximum atomic E-state index is 12.3. The SMILES string of the molecule is Cc1nc(Cl)sc1S(=O)(=O)NC1CCCC1(C)C. The molecule has 0 bridgehead atoms. The van der Waals surface area contributed by atoms with Crippen LogP contribution in [-0.2, 0) is 10.0 Å². The van der Waals surface area contributed by atoms with Crippen LogP contribution in [0.15, 0.2) is 4.21 Å². The number of aryl methyl sites for hydroxylation is 1. The van der Waals surface area contributed by atoms with E-state index in [2.05, 4.69) is 23.6 Å². The van der Waals surface area contributed by atoms with Crippen molar-refractivity contribution in [1.82, 2.24) is 9.71 Å². The highest BCUT2D eigenvalue weighted by atomic mass is 35.5. The zero-order valence-corrected chi connectivity index (χ0v) is 13.0. The lowest BCUT2D eigenvalue weighted by Gasteiger charge is -2.27. The minimum Gasteiger partial charge on any atom is -0.229 e. The fourth-order valence-electron chi connectivity index (χ4n) is 2.39. The number of hydrogen-bond acceptors (Lipinski definition) is 4. The van der Waals surface area contributed by atoms with Crippen LogP contribution in [0.4, 0.5) is 0 Å². The minimum atomic E-state index is -3.50. The summed E-state index contributed by atoms with van der Waals surface area (Å²) in [5.41, 5.74) is 0.475. The number of hydrogen-bond donors (Lipinski definition) is 1. The largest absolute Gasteiger partial charge is 0.252 e. The van der Waals surface area contributed by atoms with Crippen molar-refractivity contribution in [2.75, 3.05) is 0 Å². The predicted molar refractivity (Wildman–Crippen MR) is 73.6 cm³/mol. The molecule has 1 unspecified atom stereocenters. The molecule has 1 saturated carbocycles. The van der Waals surface area contributed by atoms with Gasteiger partial charge in [0.05, 0.1) is 5.69 Å². The Kier molecular flexibility index (Phi) is 3.75. The van der Waals surface area contributed by atoms with Gasteiger partial charge in [-0.1, -0.05) is 43.2 Å². The van der Waals surface area contributed by atoms with Crippen molar-refractivity contribution in [2.45, 2.75) is 50.3 Å². The minimum absolute atomic E-state index is 0.00938. The van der Waals surface area contributed by atoms with E-state index in [4.69, 9.17) is 11.6 Å². The lowest BCUT2D eigenvalue weighted by molar-refractivity contribution is 0.313. The van der Waals surface area contributed by atoms with E-state index in [9.17, 15) is 8.42 Å². The van der Waals surface area contributed by atoms with E-state index in [1.54, 1.807) is 6.92 Å². The van der Waals surface area contributed by atoms with Crippen LogP contribution >= 0.6 is 22.9 Å². The molecule has 0 saturated heterocycles. The van der Waals surface area contributed by atoms with Crippen LogP contribution < -0.4 is 4.72 Å². The highest BCUT2D eigenvalue weighted by molar-refractivity contribution is 7.91. The average Bonchev–Trinajstić information content (AvgIpc) is 2.70. The molecule has 102 valence electrons. The summed E-state index contributed by atoms with van der Waals surface area (Å²) in [4.78, 5) is 3.95. The van der Waals surface area contributed by atoms with Gasteiger partial charge in [-0.25, -0.2) is 18.1 Å². The molecule has 7 heteroatoms. The van der Waals surface area contributed by atoms with E-state index in [0.29, 0.717) is 5.69 Å². The first-order valence-corrected chi connectivity index (χ1v) is 8.55. The molecule has 1 aliphatic carbocycles. The Morgan fingerprint density at radius 3 is 2.61 bits per heavy atom. The third-order valence-electron chi connectivity index (χ3n) is 3.53. The van der Waals surface area contributed by atoms with Crippen molar-refractivity contribution in [1.29, 1.82) is 0 Å². The van der Waals surface area contributed by atoms with Gasteiger partial charge in [0.25, 0.3) is 10.0 Å². The van der Waals surface area contributed by atoms with Gasteiger partial charge in [-0.05, 0) is 25.2 Å². The molecule has 0 aliphatic heterocycles. The van der Waals surface area contributed by atoms with Crippen molar-refractivity contribution in [3.05, 3.63) is 10.2 Å². The summed E-state index contributed by atoms with van der Waals surface area (Å²) in [5, 5.41) is 0. The zero-order chi connectivity index (χ0) is 13.6. The van der Waals surface area contributed by atoms with Gasteiger partial charge in [-0.2, -0.15) is 0 Å². The lowest BCUT2D eigenvalue weighted by Crippen LogP contribution is -2.41. The first-order chi connectivity index (χ1) is 8.22. The van der Waals surface area contributed by atoms with Gasteiger partial charge in [0.1, 0.15) is 0 Å². The van der Waals surface area contributed by atoms with Gasteiger partial charge in [0, 0.05) is 6.04 Å². The standard InChI is InChI=1S/C11H17ClN2O2S2/c1-7-9(17-10(12)13-7)18(15,16)14-8-5-4-6-11(8,2)3/h8,14H,4-6H2,1-3H3. The molecule has 1 fully saturated rings. The summed E-state index contributed by atoms with van der Waals surface area (Å²) >= 11 is 6.77. The molecule has 0 radical (unpaired) electrons. The monoisotopic (exact) mass is 308 g/mol. The number of nitrogens with zero attached hydrogens (tertiary/aromatic N) is 1. The number of thiazole rings is 1. The van der Waals surface area contributed by atoms with Gasteiger partial charge in [-0.15, -0.1) is 0 Å². The van der Waals surface area contributed by atoms with Gasteiger partial charge in [0.15, 0.2) is 8.68 Å². The summed E-state index contributed by atoms with van der Waals surface area (Å²) in [7, 11) is -3.50. The summed E-state index contributed by atoms with van der Waals surface area (Å²) in [6.45, 7) is 5.86. The van der Waals surface area contributed by atoms with Crippen LogP contribution in [0, 0.1) is 12.3 Å². The van der Waals surface area contributed by atoms with Crippen molar-refractivity contribution < 1.29 is 8.42 Å². The average molecular weight is 309 g/mol. The van der Waals surface area contributed by atoms with E-state index in [-0.39, 0.29) is 20.1 Å². The second-order valence-electron chi connectivity index (χ2n) is 5.39. The van der Waals surface area contributed by atoms with Crippen LogP contribution in [-0.4, -0.2) is 19.4 Å². The molecular weight excluding hydrogens is 292 g/mol. The van der Waals surface area contributed by atoms with E-state index >= 15 is 0 Å². The molecule has 2 rings (SSSR count). The van der Waals surface area contributed by atoms with Gasteiger partial charge < -0.3 is 0 Å². The molecule has 1 heterocycles. The summed E-state index contributed by atoms with van der Waals surface area (Å²) < 4.78 is 27.9. The van der Waals surface area contributed by atoms with Gasteiger partial charge >= 0.3 is 0 Å². The van der Waals surface area contributed by atoms with Crippen molar-refractivity contribution in [2.24, 2.45) is 5.41 Å². The fourth-order valence-corrected chi connectivity index (χ4v) is 5.58. The lowest BCUT2D eigenvalue weighted by atomic mass is 9.88. The Hall–Kier alpha value is -0.170. The Morgan fingerprint density at radius 1 is 1.50 bits per heavy atom. The van der Waals surface area contributed by atoms with E-state index in [0.717, 1.165) is 30.6 Å². The van der Waals surface area contributed by atoms with E-state index in [1.165, 1.54) is 0 Å². The summed E-state index contributed by atoms with van der Waals surface area (Å²) in [5.74, 6) is 0. The Labute approximate surface area is 117 Å². The van der Waals surface area contributed by atoms with Crippen LogP contribution in [0.1, 0.15) is 38.8 Å². The third kappa shape index (κ3) is 2.71. The molecule has 18 heavy (non-hydrogen) atoms. The number of sulfonamides is 1. The molecule has 1 aromatic rings. The van der Waals surface area contributed by atoms with Crippen LogP contribution in [0.3, 0.4) is 0 Å². The summed E-state index contributed by atoms with van der Waals surface area (Å²) in [6.07, 6.45) is 2.99. The molecule has 1 aromatic heterocycles. The van der Waals surface area contributed by atoms with E-state index < -0.39 is 10.0 Å². The topological polar surface area (TPSA) is 59.1 Å². The molecule has 4 nitrogen and oxygen atoms in total. The van der Waals surface area contributed by atoms with Gasteiger partial charge in [0.2, 0.25) is 0 Å². The van der Waals surface area contributed by atoms with Crippen molar-refractivity contribution >= 4 is 33.0 Å². The highest BCUT2D eigenvalue weighted by Gasteiger charge is 2.38. The predicted octanol–water partition coefficient (Wildman–Crippen LogP) is 2.96. The van der Waals surface area contributed by atoms with Crippen LogP contribution in [0.25, 0.3) is 0 Å². The molecule has 0 spiro atoms. The Balaban J connectivity index is 2.25.